The van der Waals surface area contributed by atoms with E-state index < -0.39 is 0 Å². The highest BCUT2D eigenvalue weighted by molar-refractivity contribution is 5.77. The summed E-state index contributed by atoms with van der Waals surface area (Å²) >= 11 is 0. The number of benzene rings is 1. The fraction of sp³-hybridized carbons (Fsp3) is 0.814. The Balaban J connectivity index is 1.39. The molecule has 2 aliphatic heterocycles. The van der Waals surface area contributed by atoms with Crippen molar-refractivity contribution in [2.75, 3.05) is 6.54 Å². The third-order valence-electron chi connectivity index (χ3n) is 11.8. The van der Waals surface area contributed by atoms with Gasteiger partial charge in [-0.05, 0) is 114 Å². The molecule has 2 aliphatic rings. The van der Waals surface area contributed by atoms with Crippen molar-refractivity contribution >= 4 is 11.9 Å². The number of aliphatic hydroxyl groups excluding tert-OH is 1. The van der Waals surface area contributed by atoms with E-state index in [0.29, 0.717) is 31.6 Å². The van der Waals surface area contributed by atoms with Gasteiger partial charge in [0.05, 0.1) is 6.10 Å². The maximum Gasteiger partial charge on any atom is 0.311 e. The molecular formula is C43H73NO5. The Bertz CT molecular complexity index is 1190. The van der Waals surface area contributed by atoms with Gasteiger partial charge in [0.1, 0.15) is 17.1 Å². The summed E-state index contributed by atoms with van der Waals surface area (Å²) in [7, 11) is 0. The van der Waals surface area contributed by atoms with Crippen molar-refractivity contribution in [3.05, 3.63) is 22.3 Å². The molecule has 6 heteroatoms. The molecule has 6 nitrogen and oxygen atoms in total. The number of ether oxygens (including phenoxy) is 2. The number of aliphatic hydroxyl groups is 1. The van der Waals surface area contributed by atoms with Gasteiger partial charge >= 0.3 is 5.97 Å². The van der Waals surface area contributed by atoms with Gasteiger partial charge in [0.25, 0.3) is 0 Å². The van der Waals surface area contributed by atoms with Crippen molar-refractivity contribution in [2.24, 2.45) is 17.8 Å². The Kier molecular flexibility index (Phi) is 16.9. The number of hydrogen-bond donors (Lipinski definition) is 1. The molecule has 0 aromatic heterocycles. The number of carbonyl (C=O) groups excluding carboxylic acids is 2. The number of likely N-dealkylation sites (tertiary alicyclic amines) is 1. The second-order valence-electron chi connectivity index (χ2n) is 16.8. The molecule has 0 aliphatic carbocycles. The lowest BCUT2D eigenvalue weighted by Gasteiger charge is -2.38. The Morgan fingerprint density at radius 1 is 0.857 bits per heavy atom. The number of fused-ring (bicyclic) bond motifs is 1. The highest BCUT2D eigenvalue weighted by Gasteiger charge is 2.35. The van der Waals surface area contributed by atoms with E-state index in [9.17, 15) is 14.7 Å². The normalized spacial score (nSPS) is 21.8. The lowest BCUT2D eigenvalue weighted by Crippen LogP contribution is -2.37. The quantitative estimate of drug-likeness (QED) is 0.0793. The predicted octanol–water partition coefficient (Wildman–Crippen LogP) is 10.8. The van der Waals surface area contributed by atoms with Crippen LogP contribution in [0, 0.1) is 38.5 Å². The van der Waals surface area contributed by atoms with Crippen LogP contribution in [-0.2, 0) is 16.0 Å². The highest BCUT2D eigenvalue weighted by atomic mass is 16.5. The van der Waals surface area contributed by atoms with E-state index >= 15 is 0 Å². The minimum atomic E-state index is -0.388. The summed E-state index contributed by atoms with van der Waals surface area (Å²) in [6.45, 7) is 20.6. The topological polar surface area (TPSA) is 76.1 Å². The molecule has 0 saturated carbocycles. The van der Waals surface area contributed by atoms with Gasteiger partial charge < -0.3 is 19.5 Å². The van der Waals surface area contributed by atoms with Crippen LogP contribution >= 0.6 is 0 Å². The van der Waals surface area contributed by atoms with Crippen molar-refractivity contribution in [3.8, 4) is 11.5 Å². The van der Waals surface area contributed by atoms with Gasteiger partial charge in [0, 0.05) is 31.0 Å². The van der Waals surface area contributed by atoms with Gasteiger partial charge in [-0.15, -0.1) is 0 Å². The van der Waals surface area contributed by atoms with Crippen LogP contribution in [0.5, 0.6) is 11.5 Å². The fourth-order valence-corrected chi connectivity index (χ4v) is 8.21. The van der Waals surface area contributed by atoms with Gasteiger partial charge in [-0.1, -0.05) is 92.4 Å². The molecule has 280 valence electrons. The summed E-state index contributed by atoms with van der Waals surface area (Å²) in [5.74, 6) is 4.12. The smallest absolute Gasteiger partial charge is 0.311 e. The van der Waals surface area contributed by atoms with Gasteiger partial charge in [0.2, 0.25) is 5.91 Å². The Morgan fingerprint density at radius 2 is 1.47 bits per heavy atom. The average Bonchev–Trinajstić information content (AvgIpc) is 3.44. The summed E-state index contributed by atoms with van der Waals surface area (Å²) in [5.41, 5.74) is 4.16. The fourth-order valence-electron chi connectivity index (χ4n) is 8.21. The maximum absolute atomic E-state index is 12.9. The number of nitrogens with zero attached hydrogens (tertiary/aromatic N) is 1. The number of β-amino-alcohol motifs (C(OH)–C–C–N with tert-alkyl or cyclic N) is 1. The van der Waals surface area contributed by atoms with Crippen molar-refractivity contribution in [1.82, 2.24) is 4.90 Å². The first kappa shape index (κ1) is 41.3. The average molecular weight is 684 g/mol. The molecule has 1 aromatic carbocycles. The van der Waals surface area contributed by atoms with Crippen LogP contribution in [0.3, 0.4) is 0 Å². The van der Waals surface area contributed by atoms with Gasteiger partial charge in [-0.2, -0.15) is 0 Å². The third kappa shape index (κ3) is 12.9. The zero-order valence-electron chi connectivity index (χ0n) is 33.1. The molecule has 1 unspecified atom stereocenters. The zero-order chi connectivity index (χ0) is 36.1. The predicted molar refractivity (Wildman–Crippen MR) is 202 cm³/mol. The van der Waals surface area contributed by atoms with E-state index in [1.807, 2.05) is 11.8 Å². The molecule has 5 atom stereocenters. The van der Waals surface area contributed by atoms with Gasteiger partial charge in [-0.3, -0.25) is 9.59 Å². The summed E-state index contributed by atoms with van der Waals surface area (Å²) in [6, 6.07) is 0.171. The molecule has 3 rings (SSSR count). The SMILES string of the molecule is CCC1C[C@@H](O)CN1C(=O)CCCCCCC(=O)Oc1c(C)c(C)c2c(c1C)CC[C@@](C)(CCC[C@H](C)CCC[C@H](C)CCCC(C)C)O2. The molecule has 1 N–H and O–H groups in total. The minimum Gasteiger partial charge on any atom is -0.487 e. The highest BCUT2D eigenvalue weighted by Crippen LogP contribution is 2.45. The van der Waals surface area contributed by atoms with E-state index in [4.69, 9.17) is 9.47 Å². The standard InChI is InChI=1S/C43H73NO5/c1-10-36-28-37(45)29-44(36)39(46)23-13-11-12-14-24-40(47)48-41-33(6)34(7)42-38(35(41)8)25-27-43(9,49-42)26-17-22-32(5)21-16-20-31(4)19-15-18-30(2)3/h30-32,36-37,45H,10-29H2,1-9H3/t31-,32-,36?,37-,43-/m1/s1. The Labute approximate surface area is 300 Å². The number of amides is 1. The molecule has 1 saturated heterocycles. The van der Waals surface area contributed by atoms with E-state index in [0.717, 1.165) is 91.6 Å². The monoisotopic (exact) mass is 684 g/mol. The van der Waals surface area contributed by atoms with Crippen LogP contribution in [0.2, 0.25) is 0 Å². The number of carbonyl (C=O) groups is 2. The lowest BCUT2D eigenvalue weighted by molar-refractivity contribution is -0.135. The summed E-state index contributed by atoms with van der Waals surface area (Å²) in [5, 5.41) is 9.93. The summed E-state index contributed by atoms with van der Waals surface area (Å²) in [6.07, 6.45) is 19.1. The van der Waals surface area contributed by atoms with Crippen LogP contribution in [0.15, 0.2) is 0 Å². The van der Waals surface area contributed by atoms with E-state index in [-0.39, 0.29) is 29.6 Å². The summed E-state index contributed by atoms with van der Waals surface area (Å²) < 4.78 is 12.8. The first-order valence-electron chi connectivity index (χ1n) is 20.2. The van der Waals surface area contributed by atoms with E-state index in [1.54, 1.807) is 0 Å². The third-order valence-corrected chi connectivity index (χ3v) is 11.8. The molecule has 1 amide bonds. The molecular weight excluding hydrogens is 610 g/mol. The van der Waals surface area contributed by atoms with Crippen molar-refractivity contribution < 1.29 is 24.2 Å². The van der Waals surface area contributed by atoms with Crippen LogP contribution in [0.25, 0.3) is 0 Å². The van der Waals surface area contributed by atoms with E-state index in [1.165, 1.54) is 56.9 Å². The summed E-state index contributed by atoms with van der Waals surface area (Å²) in [4.78, 5) is 27.4. The van der Waals surface area contributed by atoms with Crippen LogP contribution < -0.4 is 9.47 Å². The number of rotatable bonds is 21. The maximum atomic E-state index is 12.9. The van der Waals surface area contributed by atoms with E-state index in [2.05, 4.69) is 55.4 Å². The van der Waals surface area contributed by atoms with Crippen LogP contribution in [0.1, 0.15) is 179 Å². The molecule has 49 heavy (non-hydrogen) atoms. The van der Waals surface area contributed by atoms with Gasteiger partial charge in [-0.25, -0.2) is 0 Å². The molecule has 0 radical (unpaired) electrons. The zero-order valence-corrected chi connectivity index (χ0v) is 33.1. The number of unbranched alkanes of at least 4 members (excludes halogenated alkanes) is 3. The van der Waals surface area contributed by atoms with Crippen molar-refractivity contribution in [2.45, 2.75) is 202 Å². The second-order valence-corrected chi connectivity index (χ2v) is 16.8. The first-order chi connectivity index (χ1) is 23.2. The largest absolute Gasteiger partial charge is 0.487 e. The van der Waals surface area contributed by atoms with Gasteiger partial charge in [0.15, 0.2) is 0 Å². The molecule has 1 fully saturated rings. The molecule has 0 spiro atoms. The molecule has 2 heterocycles. The van der Waals surface area contributed by atoms with Crippen LogP contribution in [-0.4, -0.2) is 46.2 Å². The van der Waals surface area contributed by atoms with Crippen molar-refractivity contribution in [3.63, 3.8) is 0 Å². The number of esters is 1. The lowest BCUT2D eigenvalue weighted by atomic mass is 9.83. The first-order valence-corrected chi connectivity index (χ1v) is 20.2. The molecule has 0 bridgehead atoms. The molecule has 1 aromatic rings. The van der Waals surface area contributed by atoms with Crippen LogP contribution in [0.4, 0.5) is 0 Å². The Hall–Kier alpha value is -2.08. The minimum absolute atomic E-state index is 0.147. The van der Waals surface area contributed by atoms with Crippen molar-refractivity contribution in [1.29, 1.82) is 0 Å². The second kappa shape index (κ2) is 20.1. The number of hydrogen-bond acceptors (Lipinski definition) is 5. The Morgan fingerprint density at radius 3 is 2.10 bits per heavy atom.